The monoisotopic (exact) mass is 350 g/mol. The van der Waals surface area contributed by atoms with Crippen molar-refractivity contribution in [2.45, 2.75) is 25.3 Å². The largest absolute Gasteiger partial charge is 0.365 e. The van der Waals surface area contributed by atoms with Gasteiger partial charge in [-0.15, -0.1) is 0 Å². The molecule has 128 valence electrons. The molecule has 1 aromatic rings. The minimum absolute atomic E-state index is 0.0176. The van der Waals surface area contributed by atoms with Crippen LogP contribution in [-0.2, 0) is 11.2 Å². The van der Waals surface area contributed by atoms with E-state index in [2.05, 4.69) is 10.3 Å². The summed E-state index contributed by atoms with van der Waals surface area (Å²) in [7, 11) is 0. The molecule has 0 spiro atoms. The summed E-state index contributed by atoms with van der Waals surface area (Å²) in [5.74, 6) is -0.355. The van der Waals surface area contributed by atoms with Crippen molar-refractivity contribution in [1.82, 2.24) is 15.2 Å². The van der Waals surface area contributed by atoms with E-state index in [0.29, 0.717) is 36.4 Å². The number of hydrogen-bond donors (Lipinski definition) is 3. The Bertz CT molecular complexity index is 760. The number of H-pyrrole nitrogens is 1. The van der Waals surface area contributed by atoms with Gasteiger partial charge in [0, 0.05) is 18.0 Å². The molecule has 9 heteroatoms. The number of nitrogens with one attached hydrogen (secondary N) is 2. The summed E-state index contributed by atoms with van der Waals surface area (Å²) in [6.45, 7) is 0.584. The number of fused-ring (bicyclic) bond motifs is 1. The van der Waals surface area contributed by atoms with Gasteiger partial charge in [-0.2, -0.15) is 0 Å². The zero-order valence-electron chi connectivity index (χ0n) is 13.0. The number of aryl methyl sites for hydroxylation is 1. The number of primary amides is 1. The van der Waals surface area contributed by atoms with Crippen LogP contribution in [0.15, 0.2) is 10.9 Å². The van der Waals surface area contributed by atoms with Crippen LogP contribution in [-0.4, -0.2) is 45.8 Å². The Labute approximate surface area is 142 Å². The molecule has 4 N–H and O–H groups in total. The Kier molecular flexibility index (Phi) is 4.61. The lowest BCUT2D eigenvalue weighted by Gasteiger charge is -2.27. The van der Waals surface area contributed by atoms with E-state index in [1.807, 2.05) is 0 Å². The van der Waals surface area contributed by atoms with Crippen LogP contribution in [0.5, 0.6) is 0 Å². The molecular formula is C15H18N4O4S. The maximum absolute atomic E-state index is 12.2. The lowest BCUT2D eigenvalue weighted by Crippen LogP contribution is -2.40. The number of aromatic amines is 1. The number of nitrogens with two attached hydrogens (primary N) is 1. The SMILES string of the molecule is NC(=O)c1cc2c([nH]c1=O)CCCC2NC(=O)CN1CCSC1=O. The Morgan fingerprint density at radius 2 is 2.21 bits per heavy atom. The molecule has 1 fully saturated rings. The Balaban J connectivity index is 1.77. The standard InChI is InChI=1S/C15H18N4O4S/c16-13(21)9-6-8-10(2-1-3-11(8)18-14(9)22)17-12(20)7-19-4-5-24-15(19)23/h6,10H,1-5,7H2,(H2,16,21)(H,17,20)(H,18,22). The Morgan fingerprint density at radius 3 is 2.88 bits per heavy atom. The fourth-order valence-electron chi connectivity index (χ4n) is 3.06. The number of carbonyl (C=O) groups is 3. The van der Waals surface area contributed by atoms with Crippen LogP contribution in [0.25, 0.3) is 0 Å². The highest BCUT2D eigenvalue weighted by Gasteiger charge is 2.27. The van der Waals surface area contributed by atoms with Gasteiger partial charge in [0.1, 0.15) is 12.1 Å². The van der Waals surface area contributed by atoms with E-state index in [4.69, 9.17) is 5.73 Å². The highest BCUT2D eigenvalue weighted by Crippen LogP contribution is 2.28. The van der Waals surface area contributed by atoms with Crippen LogP contribution >= 0.6 is 11.8 Å². The van der Waals surface area contributed by atoms with Gasteiger partial charge in [-0.1, -0.05) is 11.8 Å². The first-order valence-electron chi connectivity index (χ1n) is 7.72. The summed E-state index contributed by atoms with van der Waals surface area (Å²) in [5.41, 5.74) is 6.04. The van der Waals surface area contributed by atoms with E-state index in [9.17, 15) is 19.2 Å². The van der Waals surface area contributed by atoms with E-state index in [0.717, 1.165) is 6.42 Å². The van der Waals surface area contributed by atoms with Crippen LogP contribution < -0.4 is 16.6 Å². The zero-order chi connectivity index (χ0) is 17.3. The van der Waals surface area contributed by atoms with Crippen molar-refractivity contribution in [2.75, 3.05) is 18.8 Å². The fourth-order valence-corrected chi connectivity index (χ4v) is 3.88. The third-order valence-corrected chi connectivity index (χ3v) is 5.12. The van der Waals surface area contributed by atoms with E-state index in [1.54, 1.807) is 0 Å². The molecule has 3 amide bonds. The molecule has 1 aliphatic heterocycles. The second-order valence-electron chi connectivity index (χ2n) is 5.86. The lowest BCUT2D eigenvalue weighted by molar-refractivity contribution is -0.122. The number of amides is 3. The molecule has 1 unspecified atom stereocenters. The zero-order valence-corrected chi connectivity index (χ0v) is 13.8. The number of carbonyl (C=O) groups excluding carboxylic acids is 3. The van der Waals surface area contributed by atoms with Crippen LogP contribution in [0.4, 0.5) is 4.79 Å². The van der Waals surface area contributed by atoms with Crippen molar-refractivity contribution >= 4 is 28.8 Å². The highest BCUT2D eigenvalue weighted by atomic mass is 32.2. The summed E-state index contributed by atoms with van der Waals surface area (Å²) >= 11 is 1.20. The number of hydrogen-bond acceptors (Lipinski definition) is 5. The molecule has 2 heterocycles. The van der Waals surface area contributed by atoms with Gasteiger partial charge >= 0.3 is 0 Å². The predicted molar refractivity (Wildman–Crippen MR) is 88.8 cm³/mol. The van der Waals surface area contributed by atoms with Crippen molar-refractivity contribution < 1.29 is 14.4 Å². The van der Waals surface area contributed by atoms with Gasteiger partial charge in [0.25, 0.3) is 16.7 Å². The molecular weight excluding hydrogens is 332 g/mol. The van der Waals surface area contributed by atoms with E-state index >= 15 is 0 Å². The van der Waals surface area contributed by atoms with E-state index in [1.165, 1.54) is 22.7 Å². The van der Waals surface area contributed by atoms with Crippen molar-refractivity contribution in [3.05, 3.63) is 33.2 Å². The Hall–Kier alpha value is -2.29. The molecule has 3 rings (SSSR count). The molecule has 24 heavy (non-hydrogen) atoms. The maximum atomic E-state index is 12.2. The normalized spacial score (nSPS) is 19.9. The average Bonchev–Trinajstić information content (AvgIpc) is 2.91. The van der Waals surface area contributed by atoms with Crippen molar-refractivity contribution in [2.24, 2.45) is 5.73 Å². The molecule has 2 aliphatic rings. The number of aromatic nitrogens is 1. The van der Waals surface area contributed by atoms with Gasteiger partial charge in [0.15, 0.2) is 0 Å². The molecule has 1 saturated heterocycles. The number of rotatable bonds is 4. The van der Waals surface area contributed by atoms with E-state index < -0.39 is 11.5 Å². The van der Waals surface area contributed by atoms with Gasteiger partial charge in [-0.3, -0.25) is 19.2 Å². The topological polar surface area (TPSA) is 125 Å². The van der Waals surface area contributed by atoms with Crippen molar-refractivity contribution in [3.8, 4) is 0 Å². The van der Waals surface area contributed by atoms with Gasteiger partial charge in [0.05, 0.1) is 6.04 Å². The minimum Gasteiger partial charge on any atom is -0.365 e. The minimum atomic E-state index is -0.797. The fraction of sp³-hybridized carbons (Fsp3) is 0.467. The quantitative estimate of drug-likeness (QED) is 0.712. The summed E-state index contributed by atoms with van der Waals surface area (Å²) in [4.78, 5) is 51.2. The van der Waals surface area contributed by atoms with Crippen LogP contribution in [0.2, 0.25) is 0 Å². The maximum Gasteiger partial charge on any atom is 0.282 e. The predicted octanol–water partition coefficient (Wildman–Crippen LogP) is 0.136. The molecule has 0 aromatic carbocycles. The number of pyridine rings is 1. The summed E-state index contributed by atoms with van der Waals surface area (Å²) < 4.78 is 0. The summed E-state index contributed by atoms with van der Waals surface area (Å²) in [6, 6.07) is 1.17. The molecule has 1 aromatic heterocycles. The van der Waals surface area contributed by atoms with Crippen molar-refractivity contribution in [1.29, 1.82) is 0 Å². The average molecular weight is 350 g/mol. The molecule has 0 radical (unpaired) electrons. The number of nitrogens with zero attached hydrogens (tertiary/aromatic N) is 1. The molecule has 0 saturated carbocycles. The van der Waals surface area contributed by atoms with Crippen LogP contribution in [0.3, 0.4) is 0 Å². The van der Waals surface area contributed by atoms with Gasteiger partial charge in [0.2, 0.25) is 5.91 Å². The van der Waals surface area contributed by atoms with Gasteiger partial charge in [-0.25, -0.2) is 0 Å². The molecule has 1 aliphatic carbocycles. The summed E-state index contributed by atoms with van der Waals surface area (Å²) in [6.07, 6.45) is 2.19. The van der Waals surface area contributed by atoms with E-state index in [-0.39, 0.29) is 29.3 Å². The van der Waals surface area contributed by atoms with Gasteiger partial charge < -0.3 is 20.9 Å². The van der Waals surface area contributed by atoms with Crippen LogP contribution in [0, 0.1) is 0 Å². The molecule has 8 nitrogen and oxygen atoms in total. The molecule has 1 atom stereocenters. The third-order valence-electron chi connectivity index (χ3n) is 4.23. The first kappa shape index (κ1) is 16.6. The Morgan fingerprint density at radius 1 is 1.42 bits per heavy atom. The van der Waals surface area contributed by atoms with Crippen molar-refractivity contribution in [3.63, 3.8) is 0 Å². The van der Waals surface area contributed by atoms with Gasteiger partial charge in [-0.05, 0) is 30.9 Å². The molecule has 0 bridgehead atoms. The number of thioether (sulfide) groups is 1. The third kappa shape index (κ3) is 3.30. The first-order valence-corrected chi connectivity index (χ1v) is 8.71. The van der Waals surface area contributed by atoms with Crippen LogP contribution in [0.1, 0.15) is 40.5 Å². The lowest BCUT2D eigenvalue weighted by atomic mass is 9.90. The first-order chi connectivity index (χ1) is 11.5. The summed E-state index contributed by atoms with van der Waals surface area (Å²) in [5, 5.41) is 2.80. The highest BCUT2D eigenvalue weighted by molar-refractivity contribution is 8.13. The smallest absolute Gasteiger partial charge is 0.282 e. The second kappa shape index (κ2) is 6.68. The second-order valence-corrected chi connectivity index (χ2v) is 6.90.